The van der Waals surface area contributed by atoms with Crippen molar-refractivity contribution < 1.29 is 9.59 Å². The predicted octanol–water partition coefficient (Wildman–Crippen LogP) is 2.82. The van der Waals surface area contributed by atoms with Crippen molar-refractivity contribution in [2.75, 3.05) is 13.6 Å². The molecule has 1 aliphatic heterocycles. The van der Waals surface area contributed by atoms with E-state index < -0.39 is 0 Å². The number of amides is 1. The van der Waals surface area contributed by atoms with Crippen LogP contribution in [0.2, 0.25) is 0 Å². The number of likely N-dealkylation sites (N-methyl/N-ethyl adjacent to an activating group) is 1. The first-order valence-electron chi connectivity index (χ1n) is 8.27. The second kappa shape index (κ2) is 6.90. The summed E-state index contributed by atoms with van der Waals surface area (Å²) in [5.74, 6) is 0.649. The minimum Gasteiger partial charge on any atom is -0.362 e. The van der Waals surface area contributed by atoms with E-state index in [0.717, 1.165) is 24.2 Å². The molecule has 0 radical (unpaired) electrons. The molecule has 2 aliphatic carbocycles. The minimum absolute atomic E-state index is 0.186. The van der Waals surface area contributed by atoms with E-state index in [4.69, 9.17) is 0 Å². The van der Waals surface area contributed by atoms with Gasteiger partial charge in [-0.3, -0.25) is 9.59 Å². The molecule has 0 bridgehead atoms. The maximum atomic E-state index is 12.1. The van der Waals surface area contributed by atoms with E-state index in [1.807, 2.05) is 6.08 Å². The fourth-order valence-corrected chi connectivity index (χ4v) is 4.80. The number of allylic oxidation sites excluding steroid dienone is 2. The first-order valence-corrected chi connectivity index (χ1v) is 9.15. The van der Waals surface area contributed by atoms with E-state index in [9.17, 15) is 9.59 Å². The van der Waals surface area contributed by atoms with Crippen LogP contribution in [0.3, 0.4) is 0 Å². The first-order chi connectivity index (χ1) is 10.6. The number of ketones is 1. The molecule has 5 heteroatoms. The van der Waals surface area contributed by atoms with Crippen LogP contribution >= 0.6 is 11.8 Å². The topological polar surface area (TPSA) is 49.4 Å². The number of hydrogen-bond donors (Lipinski definition) is 1. The van der Waals surface area contributed by atoms with Crippen molar-refractivity contribution in [1.82, 2.24) is 10.2 Å². The molecule has 1 saturated carbocycles. The molecule has 0 aromatic heterocycles. The molecule has 1 unspecified atom stereocenters. The van der Waals surface area contributed by atoms with Gasteiger partial charge in [0, 0.05) is 36.5 Å². The molecule has 3 aliphatic rings. The number of carbonyl (C=O) groups excluding carboxylic acids is 2. The zero-order chi connectivity index (χ0) is 15.5. The summed E-state index contributed by atoms with van der Waals surface area (Å²) < 4.78 is 0. The summed E-state index contributed by atoms with van der Waals surface area (Å²) >= 11 is 1.74. The fourth-order valence-electron chi connectivity index (χ4n) is 3.45. The van der Waals surface area contributed by atoms with Gasteiger partial charge >= 0.3 is 0 Å². The minimum atomic E-state index is 0.186. The summed E-state index contributed by atoms with van der Waals surface area (Å²) in [7, 11) is 2.07. The smallest absolute Gasteiger partial charge is 0.223 e. The lowest BCUT2D eigenvalue weighted by Crippen LogP contribution is -2.35. The van der Waals surface area contributed by atoms with Crippen molar-refractivity contribution in [3.63, 3.8) is 0 Å². The molecule has 0 aromatic rings. The lowest BCUT2D eigenvalue weighted by Gasteiger charge is -2.23. The number of nitrogens with one attached hydrogen (secondary N) is 1. The van der Waals surface area contributed by atoms with Gasteiger partial charge in [-0.2, -0.15) is 0 Å². The van der Waals surface area contributed by atoms with Crippen LogP contribution in [-0.2, 0) is 9.59 Å². The molecular formula is C17H24N2O2S. The van der Waals surface area contributed by atoms with Gasteiger partial charge in [-0.05, 0) is 25.3 Å². The Morgan fingerprint density at radius 2 is 2.14 bits per heavy atom. The average Bonchev–Trinajstić information content (AvgIpc) is 2.83. The van der Waals surface area contributed by atoms with Crippen molar-refractivity contribution in [3.05, 3.63) is 22.8 Å². The van der Waals surface area contributed by atoms with E-state index in [2.05, 4.69) is 17.3 Å². The van der Waals surface area contributed by atoms with Gasteiger partial charge in [0.15, 0.2) is 5.78 Å². The van der Waals surface area contributed by atoms with Crippen LogP contribution in [0.1, 0.15) is 44.9 Å². The zero-order valence-electron chi connectivity index (χ0n) is 13.1. The van der Waals surface area contributed by atoms with Crippen molar-refractivity contribution in [2.45, 2.75) is 50.3 Å². The van der Waals surface area contributed by atoms with E-state index in [-0.39, 0.29) is 17.6 Å². The fraction of sp³-hybridized carbons (Fsp3) is 0.647. The number of nitrogens with zero attached hydrogens (tertiary/aromatic N) is 1. The largest absolute Gasteiger partial charge is 0.362 e. The summed E-state index contributed by atoms with van der Waals surface area (Å²) in [6, 6.07) is 0. The van der Waals surface area contributed by atoms with Gasteiger partial charge in [0.05, 0.1) is 5.37 Å². The Hall–Kier alpha value is -1.23. The van der Waals surface area contributed by atoms with Gasteiger partial charge < -0.3 is 10.2 Å². The molecular weight excluding hydrogens is 296 g/mol. The molecule has 1 N–H and O–H groups in total. The summed E-state index contributed by atoms with van der Waals surface area (Å²) in [5, 5.41) is 3.42. The lowest BCUT2D eigenvalue weighted by atomic mass is 9.89. The van der Waals surface area contributed by atoms with Crippen LogP contribution in [0.15, 0.2) is 22.8 Å². The third-order valence-corrected chi connectivity index (χ3v) is 6.19. The Morgan fingerprint density at radius 1 is 1.36 bits per heavy atom. The van der Waals surface area contributed by atoms with Gasteiger partial charge in [0.1, 0.15) is 0 Å². The average molecular weight is 320 g/mol. The third-order valence-electron chi connectivity index (χ3n) is 4.78. The van der Waals surface area contributed by atoms with E-state index in [1.54, 1.807) is 17.8 Å². The van der Waals surface area contributed by atoms with E-state index >= 15 is 0 Å². The first kappa shape index (κ1) is 15.7. The molecule has 2 fully saturated rings. The maximum absolute atomic E-state index is 12.1. The van der Waals surface area contributed by atoms with Gasteiger partial charge in [0.2, 0.25) is 5.91 Å². The second-order valence-electron chi connectivity index (χ2n) is 6.37. The molecule has 1 saturated heterocycles. The Bertz CT molecular complexity index is 521. The molecule has 3 rings (SSSR count). The number of hydrogen-bond acceptors (Lipinski definition) is 4. The van der Waals surface area contributed by atoms with Crippen LogP contribution in [-0.4, -0.2) is 35.6 Å². The SMILES string of the molecule is CN1C2=CCC(=O)C=C2SC1CCNC(=O)C1CCCCC1. The van der Waals surface area contributed by atoms with Crippen LogP contribution < -0.4 is 5.32 Å². The highest BCUT2D eigenvalue weighted by Crippen LogP contribution is 2.43. The van der Waals surface area contributed by atoms with Crippen LogP contribution in [0.25, 0.3) is 0 Å². The van der Waals surface area contributed by atoms with E-state index in [1.165, 1.54) is 25.0 Å². The van der Waals surface area contributed by atoms with Crippen molar-refractivity contribution in [3.8, 4) is 0 Å². The zero-order valence-corrected chi connectivity index (χ0v) is 14.0. The van der Waals surface area contributed by atoms with Crippen molar-refractivity contribution >= 4 is 23.5 Å². The highest BCUT2D eigenvalue weighted by Gasteiger charge is 2.32. The molecule has 1 amide bonds. The van der Waals surface area contributed by atoms with E-state index in [0.29, 0.717) is 18.3 Å². The molecule has 0 aromatic carbocycles. The second-order valence-corrected chi connectivity index (χ2v) is 7.59. The Kier molecular flexibility index (Phi) is 4.91. The molecule has 22 heavy (non-hydrogen) atoms. The van der Waals surface area contributed by atoms with Gasteiger partial charge in [-0.25, -0.2) is 0 Å². The molecule has 1 atom stereocenters. The standard InChI is InChI=1S/C17H24N2O2S/c1-19-14-8-7-13(20)11-15(14)22-16(19)9-10-18-17(21)12-5-3-2-4-6-12/h8,11-12,16H,2-7,9-10H2,1H3,(H,18,21). The monoisotopic (exact) mass is 320 g/mol. The number of thioether (sulfide) groups is 1. The van der Waals surface area contributed by atoms with Gasteiger partial charge in [-0.15, -0.1) is 0 Å². The summed E-state index contributed by atoms with van der Waals surface area (Å²) in [6.45, 7) is 0.714. The molecule has 0 spiro atoms. The van der Waals surface area contributed by atoms with Gasteiger partial charge in [0.25, 0.3) is 0 Å². The lowest BCUT2D eigenvalue weighted by molar-refractivity contribution is -0.125. The Labute approximate surface area is 136 Å². The normalized spacial score (nSPS) is 25.6. The van der Waals surface area contributed by atoms with Gasteiger partial charge in [-0.1, -0.05) is 37.1 Å². The number of carbonyl (C=O) groups is 2. The predicted molar refractivity (Wildman–Crippen MR) is 89.1 cm³/mol. The number of rotatable bonds is 4. The van der Waals surface area contributed by atoms with Crippen LogP contribution in [0.4, 0.5) is 0 Å². The molecule has 120 valence electrons. The Morgan fingerprint density at radius 3 is 2.91 bits per heavy atom. The van der Waals surface area contributed by atoms with Crippen LogP contribution in [0, 0.1) is 5.92 Å². The summed E-state index contributed by atoms with van der Waals surface area (Å²) in [6.07, 6.45) is 10.9. The molecule has 1 heterocycles. The highest BCUT2D eigenvalue weighted by atomic mass is 32.2. The quantitative estimate of drug-likeness (QED) is 0.865. The Balaban J connectivity index is 1.47. The third kappa shape index (κ3) is 3.40. The van der Waals surface area contributed by atoms with Crippen LogP contribution in [0.5, 0.6) is 0 Å². The van der Waals surface area contributed by atoms with Crippen molar-refractivity contribution in [2.24, 2.45) is 5.92 Å². The highest BCUT2D eigenvalue weighted by molar-refractivity contribution is 8.04. The summed E-state index contributed by atoms with van der Waals surface area (Å²) in [5.41, 5.74) is 1.17. The summed E-state index contributed by atoms with van der Waals surface area (Å²) in [4.78, 5) is 27.0. The molecule has 4 nitrogen and oxygen atoms in total. The number of fused-ring (bicyclic) bond motifs is 1. The van der Waals surface area contributed by atoms with Crippen molar-refractivity contribution in [1.29, 1.82) is 0 Å². The maximum Gasteiger partial charge on any atom is 0.223 e.